The van der Waals surface area contributed by atoms with Gasteiger partial charge in [-0.2, -0.15) is 0 Å². The normalized spacial score (nSPS) is 9.58. The lowest BCUT2D eigenvalue weighted by molar-refractivity contribution is 0.619. The van der Waals surface area contributed by atoms with Gasteiger partial charge in [0.15, 0.2) is 0 Å². The van der Waals surface area contributed by atoms with Crippen LogP contribution in [0.4, 0.5) is 0 Å². The van der Waals surface area contributed by atoms with Gasteiger partial charge in [-0.15, -0.1) is 0 Å². The fourth-order valence-corrected chi connectivity index (χ4v) is 1.16. The highest BCUT2D eigenvalue weighted by atomic mass is 79.9. The van der Waals surface area contributed by atoms with Crippen molar-refractivity contribution in [1.29, 1.82) is 5.41 Å². The summed E-state index contributed by atoms with van der Waals surface area (Å²) in [6, 6.07) is 1.87. The van der Waals surface area contributed by atoms with Crippen molar-refractivity contribution in [2.45, 2.75) is 0 Å². The molecule has 1 rings (SSSR count). The van der Waals surface area contributed by atoms with Crippen LogP contribution in [0.2, 0.25) is 0 Å². The van der Waals surface area contributed by atoms with E-state index in [4.69, 9.17) is 5.41 Å². The van der Waals surface area contributed by atoms with Crippen LogP contribution >= 0.6 is 15.9 Å². The van der Waals surface area contributed by atoms with Crippen LogP contribution in [0.15, 0.2) is 22.9 Å². The second-order valence-corrected chi connectivity index (χ2v) is 3.55. The molecule has 0 aliphatic heterocycles. The van der Waals surface area contributed by atoms with Gasteiger partial charge in [-0.25, -0.2) is 0 Å². The third-order valence-electron chi connectivity index (χ3n) is 1.43. The van der Waals surface area contributed by atoms with Crippen LogP contribution in [0.3, 0.4) is 0 Å². The van der Waals surface area contributed by atoms with Gasteiger partial charge in [0.05, 0.1) is 0 Å². The molecule has 64 valence electrons. The molecule has 0 aliphatic rings. The Kier molecular flexibility index (Phi) is 2.81. The minimum Gasteiger partial charge on any atom is -0.363 e. The summed E-state index contributed by atoms with van der Waals surface area (Å²) in [7, 11) is 3.67. The van der Waals surface area contributed by atoms with Crippen LogP contribution in [-0.2, 0) is 0 Å². The lowest BCUT2D eigenvalue weighted by atomic mass is 10.2. The molecule has 1 heterocycles. The molecule has 0 bridgehead atoms. The summed E-state index contributed by atoms with van der Waals surface area (Å²) in [5.41, 5.74) is 0.814. The van der Waals surface area contributed by atoms with Crippen molar-refractivity contribution < 1.29 is 0 Å². The van der Waals surface area contributed by atoms with Gasteiger partial charge < -0.3 is 4.90 Å². The van der Waals surface area contributed by atoms with Crippen LogP contribution in [0, 0.1) is 5.41 Å². The predicted octanol–water partition coefficient (Wildman–Crippen LogP) is 1.73. The fraction of sp³-hybridized carbons (Fsp3) is 0.250. The first-order valence-corrected chi connectivity index (χ1v) is 4.27. The van der Waals surface area contributed by atoms with Crippen molar-refractivity contribution in [3.63, 3.8) is 0 Å². The molecule has 0 unspecified atom stereocenters. The number of rotatable bonds is 1. The summed E-state index contributed by atoms with van der Waals surface area (Å²) in [6.07, 6.45) is 3.37. The molecule has 0 saturated heterocycles. The molecule has 1 aromatic heterocycles. The van der Waals surface area contributed by atoms with E-state index in [9.17, 15) is 0 Å². The molecule has 12 heavy (non-hydrogen) atoms. The largest absolute Gasteiger partial charge is 0.363 e. The quantitative estimate of drug-likeness (QED) is 0.587. The molecule has 0 spiro atoms. The van der Waals surface area contributed by atoms with Crippen molar-refractivity contribution in [2.75, 3.05) is 14.1 Å². The Morgan fingerprint density at radius 1 is 1.50 bits per heavy atom. The fourth-order valence-electron chi connectivity index (χ4n) is 0.800. The van der Waals surface area contributed by atoms with Crippen molar-refractivity contribution in [3.05, 3.63) is 28.5 Å². The second kappa shape index (κ2) is 3.67. The smallest absolute Gasteiger partial charge is 0.129 e. The standard InChI is InChI=1S/C8H10BrN3/c1-12(2)8(10)6-3-7(9)5-11-4-6/h3-5,10H,1-2H3. The number of aromatic nitrogens is 1. The van der Waals surface area contributed by atoms with E-state index in [1.165, 1.54) is 0 Å². The lowest BCUT2D eigenvalue weighted by Gasteiger charge is -2.12. The third kappa shape index (κ3) is 2.04. The average molecular weight is 228 g/mol. The van der Waals surface area contributed by atoms with Crippen molar-refractivity contribution in [1.82, 2.24) is 9.88 Å². The Balaban J connectivity index is 2.96. The number of hydrogen-bond donors (Lipinski definition) is 1. The summed E-state index contributed by atoms with van der Waals surface area (Å²) in [6.45, 7) is 0. The Bertz CT molecular complexity index is 296. The second-order valence-electron chi connectivity index (χ2n) is 2.63. The lowest BCUT2D eigenvalue weighted by Crippen LogP contribution is -2.21. The number of hydrogen-bond acceptors (Lipinski definition) is 2. The summed E-state index contributed by atoms with van der Waals surface area (Å²) in [5, 5.41) is 7.65. The van der Waals surface area contributed by atoms with Gasteiger partial charge in [0, 0.05) is 36.5 Å². The molecular weight excluding hydrogens is 218 g/mol. The molecule has 0 radical (unpaired) electrons. The summed E-state index contributed by atoms with van der Waals surface area (Å²) in [4.78, 5) is 5.71. The highest BCUT2D eigenvalue weighted by Crippen LogP contribution is 2.10. The van der Waals surface area contributed by atoms with Crippen LogP contribution in [-0.4, -0.2) is 29.8 Å². The van der Waals surface area contributed by atoms with Crippen LogP contribution < -0.4 is 0 Å². The van der Waals surface area contributed by atoms with Crippen LogP contribution in [0.1, 0.15) is 5.56 Å². The van der Waals surface area contributed by atoms with Gasteiger partial charge in [-0.05, 0) is 22.0 Å². The number of nitrogens with zero attached hydrogens (tertiary/aromatic N) is 2. The molecule has 3 nitrogen and oxygen atoms in total. The number of pyridine rings is 1. The zero-order chi connectivity index (χ0) is 9.14. The molecule has 0 fully saturated rings. The first kappa shape index (κ1) is 9.19. The molecule has 1 N–H and O–H groups in total. The third-order valence-corrected chi connectivity index (χ3v) is 1.86. The molecule has 0 amide bonds. The number of halogens is 1. The van der Waals surface area contributed by atoms with Gasteiger partial charge in [0.25, 0.3) is 0 Å². The maximum absolute atomic E-state index is 7.65. The molecule has 0 aliphatic carbocycles. The van der Waals surface area contributed by atoms with Gasteiger partial charge in [0.2, 0.25) is 0 Å². The van der Waals surface area contributed by atoms with E-state index in [1.807, 2.05) is 20.2 Å². The first-order chi connectivity index (χ1) is 5.61. The van der Waals surface area contributed by atoms with E-state index in [0.29, 0.717) is 5.84 Å². The zero-order valence-electron chi connectivity index (χ0n) is 7.00. The highest BCUT2D eigenvalue weighted by Gasteiger charge is 2.03. The molecular formula is C8H10BrN3. The summed E-state index contributed by atoms with van der Waals surface area (Å²) >= 11 is 3.30. The van der Waals surface area contributed by atoms with Gasteiger partial charge in [-0.1, -0.05) is 0 Å². The number of nitrogens with one attached hydrogen (secondary N) is 1. The zero-order valence-corrected chi connectivity index (χ0v) is 8.59. The van der Waals surface area contributed by atoms with E-state index in [0.717, 1.165) is 10.0 Å². The Morgan fingerprint density at radius 3 is 2.67 bits per heavy atom. The minimum absolute atomic E-state index is 0.462. The molecule has 1 aromatic rings. The summed E-state index contributed by atoms with van der Waals surface area (Å²) < 4.78 is 0.895. The van der Waals surface area contributed by atoms with E-state index in [1.54, 1.807) is 17.3 Å². The Hall–Kier alpha value is -0.900. The van der Waals surface area contributed by atoms with Gasteiger partial charge in [0.1, 0.15) is 5.84 Å². The van der Waals surface area contributed by atoms with E-state index < -0.39 is 0 Å². The van der Waals surface area contributed by atoms with Crippen LogP contribution in [0.25, 0.3) is 0 Å². The maximum Gasteiger partial charge on any atom is 0.129 e. The van der Waals surface area contributed by atoms with Gasteiger partial charge >= 0.3 is 0 Å². The topological polar surface area (TPSA) is 40.0 Å². The van der Waals surface area contributed by atoms with E-state index in [-0.39, 0.29) is 0 Å². The average Bonchev–Trinajstić information content (AvgIpc) is 2.03. The van der Waals surface area contributed by atoms with Crippen LogP contribution in [0.5, 0.6) is 0 Å². The van der Waals surface area contributed by atoms with Crippen molar-refractivity contribution in [3.8, 4) is 0 Å². The van der Waals surface area contributed by atoms with Crippen molar-refractivity contribution >= 4 is 21.8 Å². The Labute approximate surface area is 80.1 Å². The molecule has 4 heteroatoms. The molecule has 0 saturated carbocycles. The number of amidine groups is 1. The van der Waals surface area contributed by atoms with E-state index >= 15 is 0 Å². The monoisotopic (exact) mass is 227 g/mol. The highest BCUT2D eigenvalue weighted by molar-refractivity contribution is 9.10. The molecule has 0 aromatic carbocycles. The summed E-state index contributed by atoms with van der Waals surface area (Å²) in [5.74, 6) is 0.462. The van der Waals surface area contributed by atoms with Gasteiger partial charge in [-0.3, -0.25) is 10.4 Å². The maximum atomic E-state index is 7.65. The Morgan fingerprint density at radius 2 is 2.17 bits per heavy atom. The predicted molar refractivity (Wildman–Crippen MR) is 52.5 cm³/mol. The van der Waals surface area contributed by atoms with E-state index in [2.05, 4.69) is 20.9 Å². The SMILES string of the molecule is CN(C)C(=N)c1cncc(Br)c1. The molecule has 0 atom stereocenters. The minimum atomic E-state index is 0.462. The van der Waals surface area contributed by atoms with Crippen molar-refractivity contribution in [2.24, 2.45) is 0 Å². The first-order valence-electron chi connectivity index (χ1n) is 3.48.